The minimum absolute atomic E-state index is 0.189. The van der Waals surface area contributed by atoms with Crippen molar-refractivity contribution in [3.63, 3.8) is 0 Å². The van der Waals surface area contributed by atoms with Gasteiger partial charge in [-0.15, -0.1) is 0 Å². The highest BCUT2D eigenvalue weighted by Gasteiger charge is 2.33. The number of aromatic nitrogens is 2. The van der Waals surface area contributed by atoms with E-state index in [-0.39, 0.29) is 5.41 Å². The molecule has 3 rings (SSSR count). The monoisotopic (exact) mass is 255 g/mol. The van der Waals surface area contributed by atoms with Gasteiger partial charge in [0, 0.05) is 29.5 Å². The Morgan fingerprint density at radius 2 is 1.95 bits per heavy atom. The van der Waals surface area contributed by atoms with Crippen LogP contribution in [0.5, 0.6) is 0 Å². The highest BCUT2D eigenvalue weighted by atomic mass is 15.1. The van der Waals surface area contributed by atoms with E-state index in [1.807, 2.05) is 12.5 Å². The second-order valence-electron chi connectivity index (χ2n) is 5.98. The molecule has 0 aliphatic carbocycles. The quantitative estimate of drug-likeness (QED) is 0.894. The van der Waals surface area contributed by atoms with Gasteiger partial charge in [0.15, 0.2) is 0 Å². The van der Waals surface area contributed by atoms with E-state index in [0.29, 0.717) is 0 Å². The summed E-state index contributed by atoms with van der Waals surface area (Å²) < 4.78 is 2.24. The molecule has 1 unspecified atom stereocenters. The fourth-order valence-corrected chi connectivity index (χ4v) is 3.07. The summed E-state index contributed by atoms with van der Waals surface area (Å²) >= 11 is 0. The van der Waals surface area contributed by atoms with Crippen molar-refractivity contribution in [3.05, 3.63) is 47.5 Å². The van der Waals surface area contributed by atoms with Gasteiger partial charge >= 0.3 is 0 Å². The number of nitrogens with one attached hydrogen (secondary N) is 1. The van der Waals surface area contributed by atoms with Gasteiger partial charge in [0.25, 0.3) is 0 Å². The molecule has 0 spiro atoms. The molecule has 1 aromatic heterocycles. The molecule has 2 aromatic rings. The molecule has 1 N–H and O–H groups in total. The van der Waals surface area contributed by atoms with Crippen LogP contribution >= 0.6 is 0 Å². The van der Waals surface area contributed by atoms with Crippen molar-refractivity contribution in [3.8, 4) is 5.69 Å². The molecule has 1 atom stereocenters. The second-order valence-corrected chi connectivity index (χ2v) is 5.98. The fraction of sp³-hybridized carbons (Fsp3) is 0.438. The average Bonchev–Trinajstić information content (AvgIpc) is 2.96. The Morgan fingerprint density at radius 1 is 1.21 bits per heavy atom. The maximum atomic E-state index is 4.38. The topological polar surface area (TPSA) is 29.9 Å². The second kappa shape index (κ2) is 4.49. The van der Waals surface area contributed by atoms with Crippen molar-refractivity contribution >= 4 is 0 Å². The first-order chi connectivity index (χ1) is 9.08. The molecule has 0 saturated carbocycles. The summed E-state index contributed by atoms with van der Waals surface area (Å²) in [6.45, 7) is 8.74. The van der Waals surface area contributed by atoms with Gasteiger partial charge in [0.1, 0.15) is 0 Å². The summed E-state index contributed by atoms with van der Waals surface area (Å²) in [5.74, 6) is 0. The van der Waals surface area contributed by atoms with Gasteiger partial charge in [0.2, 0.25) is 0 Å². The van der Waals surface area contributed by atoms with Crippen molar-refractivity contribution in [1.82, 2.24) is 14.9 Å². The van der Waals surface area contributed by atoms with Gasteiger partial charge in [0.05, 0.1) is 6.33 Å². The molecule has 19 heavy (non-hydrogen) atoms. The SMILES string of the molecule is Cc1cc(C)cc(-n2cncc2C2(C)CCNC2)c1. The van der Waals surface area contributed by atoms with Crippen LogP contribution in [0.3, 0.4) is 0 Å². The molecule has 1 aromatic carbocycles. The van der Waals surface area contributed by atoms with Crippen molar-refractivity contribution < 1.29 is 0 Å². The highest BCUT2D eigenvalue weighted by molar-refractivity contribution is 5.42. The first-order valence-corrected chi connectivity index (χ1v) is 6.91. The first kappa shape index (κ1) is 12.4. The van der Waals surface area contributed by atoms with E-state index in [1.54, 1.807) is 0 Å². The lowest BCUT2D eigenvalue weighted by atomic mass is 9.86. The third-order valence-corrected chi connectivity index (χ3v) is 4.11. The van der Waals surface area contributed by atoms with Gasteiger partial charge in [-0.1, -0.05) is 13.0 Å². The molecule has 3 nitrogen and oxygen atoms in total. The maximum absolute atomic E-state index is 4.38. The Kier molecular flexibility index (Phi) is 2.94. The molecular formula is C16H21N3. The Balaban J connectivity index is 2.09. The predicted molar refractivity (Wildman–Crippen MR) is 77.9 cm³/mol. The van der Waals surface area contributed by atoms with Crippen molar-refractivity contribution in [2.24, 2.45) is 0 Å². The Bertz CT molecular complexity index is 572. The van der Waals surface area contributed by atoms with Gasteiger partial charge in [-0.2, -0.15) is 0 Å². The first-order valence-electron chi connectivity index (χ1n) is 6.91. The largest absolute Gasteiger partial charge is 0.316 e. The number of imidazole rings is 1. The Morgan fingerprint density at radius 3 is 2.58 bits per heavy atom. The van der Waals surface area contributed by atoms with E-state index < -0.39 is 0 Å². The third kappa shape index (κ3) is 2.19. The number of hydrogen-bond donors (Lipinski definition) is 1. The van der Waals surface area contributed by atoms with Crippen molar-refractivity contribution in [2.45, 2.75) is 32.6 Å². The van der Waals surface area contributed by atoms with Gasteiger partial charge in [-0.05, 0) is 50.1 Å². The van der Waals surface area contributed by atoms with Crippen LogP contribution in [0.25, 0.3) is 5.69 Å². The lowest BCUT2D eigenvalue weighted by Crippen LogP contribution is -2.27. The van der Waals surface area contributed by atoms with E-state index in [9.17, 15) is 0 Å². The molecule has 0 amide bonds. The molecule has 1 aliphatic heterocycles. The van der Waals surface area contributed by atoms with Crippen LogP contribution in [0, 0.1) is 13.8 Å². The maximum Gasteiger partial charge on any atom is 0.0994 e. The molecule has 1 fully saturated rings. The zero-order valence-electron chi connectivity index (χ0n) is 11.9. The van der Waals surface area contributed by atoms with Crippen LogP contribution in [-0.2, 0) is 5.41 Å². The number of rotatable bonds is 2. The number of aryl methyl sites for hydroxylation is 2. The van der Waals surface area contributed by atoms with E-state index in [1.165, 1.54) is 28.9 Å². The van der Waals surface area contributed by atoms with Crippen LogP contribution in [0.2, 0.25) is 0 Å². The van der Waals surface area contributed by atoms with Crippen LogP contribution < -0.4 is 5.32 Å². The molecule has 0 radical (unpaired) electrons. The van der Waals surface area contributed by atoms with Crippen LogP contribution in [0.1, 0.15) is 30.2 Å². The molecular weight excluding hydrogens is 234 g/mol. The summed E-state index contributed by atoms with van der Waals surface area (Å²) in [5, 5.41) is 3.46. The fourth-order valence-electron chi connectivity index (χ4n) is 3.07. The standard InChI is InChI=1S/C16H21N3/c1-12-6-13(2)8-14(7-12)19-11-18-9-15(19)16(3)4-5-17-10-16/h6-9,11,17H,4-5,10H2,1-3H3. The zero-order valence-corrected chi connectivity index (χ0v) is 11.9. The third-order valence-electron chi connectivity index (χ3n) is 4.11. The predicted octanol–water partition coefficient (Wildman–Crippen LogP) is 2.74. The number of nitrogens with zero attached hydrogens (tertiary/aromatic N) is 2. The Labute approximate surface area is 114 Å². The van der Waals surface area contributed by atoms with Crippen molar-refractivity contribution in [2.75, 3.05) is 13.1 Å². The van der Waals surface area contributed by atoms with E-state index in [2.05, 4.69) is 53.8 Å². The molecule has 100 valence electrons. The molecule has 1 aliphatic rings. The normalized spacial score (nSPS) is 22.9. The van der Waals surface area contributed by atoms with Crippen LogP contribution in [-0.4, -0.2) is 22.6 Å². The molecule has 2 heterocycles. The number of hydrogen-bond acceptors (Lipinski definition) is 2. The Hall–Kier alpha value is -1.61. The van der Waals surface area contributed by atoms with Gasteiger partial charge < -0.3 is 9.88 Å². The smallest absolute Gasteiger partial charge is 0.0994 e. The molecule has 1 saturated heterocycles. The summed E-state index contributed by atoms with van der Waals surface area (Å²) in [6.07, 6.45) is 5.13. The molecule has 3 heteroatoms. The van der Waals surface area contributed by atoms with Crippen LogP contribution in [0.15, 0.2) is 30.7 Å². The lowest BCUT2D eigenvalue weighted by molar-refractivity contribution is 0.499. The van der Waals surface area contributed by atoms with Gasteiger partial charge in [-0.3, -0.25) is 0 Å². The van der Waals surface area contributed by atoms with Gasteiger partial charge in [-0.25, -0.2) is 4.98 Å². The van der Waals surface area contributed by atoms with E-state index >= 15 is 0 Å². The van der Waals surface area contributed by atoms with Crippen LogP contribution in [0.4, 0.5) is 0 Å². The zero-order chi connectivity index (χ0) is 13.5. The van der Waals surface area contributed by atoms with E-state index in [0.717, 1.165) is 13.1 Å². The van der Waals surface area contributed by atoms with Crippen molar-refractivity contribution in [1.29, 1.82) is 0 Å². The summed E-state index contributed by atoms with van der Waals surface area (Å²) in [4.78, 5) is 4.38. The molecule has 0 bridgehead atoms. The minimum atomic E-state index is 0.189. The minimum Gasteiger partial charge on any atom is -0.316 e. The lowest BCUT2D eigenvalue weighted by Gasteiger charge is -2.24. The highest BCUT2D eigenvalue weighted by Crippen LogP contribution is 2.31. The number of benzene rings is 1. The summed E-state index contributed by atoms with van der Waals surface area (Å²) in [5.41, 5.74) is 5.31. The average molecular weight is 255 g/mol. The summed E-state index contributed by atoms with van der Waals surface area (Å²) in [7, 11) is 0. The van der Waals surface area contributed by atoms with E-state index in [4.69, 9.17) is 0 Å². The summed E-state index contributed by atoms with van der Waals surface area (Å²) in [6, 6.07) is 6.66.